The number of carbonyl (C=O) groups excluding carboxylic acids is 1. The molecule has 2 heteroatoms. The third-order valence-electron chi connectivity index (χ3n) is 11.8. The van der Waals surface area contributed by atoms with Gasteiger partial charge in [-0.05, 0) is 67.6 Å². The summed E-state index contributed by atoms with van der Waals surface area (Å²) in [5, 5.41) is 0. The van der Waals surface area contributed by atoms with Crippen molar-refractivity contribution in [2.45, 2.75) is 236 Å². The second-order valence-electron chi connectivity index (χ2n) is 18.7. The van der Waals surface area contributed by atoms with Gasteiger partial charge in [0.15, 0.2) is 0 Å². The van der Waals surface area contributed by atoms with Gasteiger partial charge in [-0.25, -0.2) is 0 Å². The fourth-order valence-corrected chi connectivity index (χ4v) is 4.65. The number of rotatable bonds is 12. The standard InChI is InChI=1S/C12H22O2.2C11H24.C7H16.2CH4/c1-8(2)12(7)9(13)14-11(5,6)10(12,3)4;1-7-11(5,6)9-8-10(2,3)4;1-5-7-8-9-10-11(3,4)6-2;1-5-7(3,4)6-2;;/h8H,1-7H3;7-9H2,1-6H3;5-10H2,1-4H3;5-6H2,1-4H3;2*1H4. The molecule has 1 saturated heterocycles. The first-order valence-electron chi connectivity index (χ1n) is 18.3. The summed E-state index contributed by atoms with van der Waals surface area (Å²) in [5.41, 5.74) is 1.35. The maximum atomic E-state index is 11.9. The first-order valence-corrected chi connectivity index (χ1v) is 18.3. The Kier molecular flexibility index (Phi) is 26.6. The van der Waals surface area contributed by atoms with E-state index in [2.05, 4.69) is 125 Å². The molecule has 1 unspecified atom stereocenters. The van der Waals surface area contributed by atoms with Crippen molar-refractivity contribution in [3.8, 4) is 0 Å². The largest absolute Gasteiger partial charge is 0.459 e. The highest BCUT2D eigenvalue weighted by molar-refractivity contribution is 5.81. The van der Waals surface area contributed by atoms with E-state index in [9.17, 15) is 4.79 Å². The van der Waals surface area contributed by atoms with Crippen LogP contribution in [0.2, 0.25) is 0 Å². The monoisotopic (exact) mass is 643 g/mol. The van der Waals surface area contributed by atoms with E-state index in [4.69, 9.17) is 4.74 Å². The minimum Gasteiger partial charge on any atom is -0.459 e. The van der Waals surface area contributed by atoms with Crippen LogP contribution in [-0.4, -0.2) is 11.6 Å². The summed E-state index contributed by atoms with van der Waals surface area (Å²) < 4.78 is 5.50. The Bertz CT molecular complexity index is 723. The lowest BCUT2D eigenvalue weighted by Crippen LogP contribution is -2.47. The van der Waals surface area contributed by atoms with E-state index >= 15 is 0 Å². The van der Waals surface area contributed by atoms with Gasteiger partial charge >= 0.3 is 5.97 Å². The average Bonchev–Trinajstić information content (AvgIpc) is 3.02. The van der Waals surface area contributed by atoms with Gasteiger partial charge < -0.3 is 4.74 Å². The fraction of sp³-hybridized carbons (Fsp3) is 0.977. The molecule has 0 amide bonds. The van der Waals surface area contributed by atoms with Gasteiger partial charge in [0.2, 0.25) is 0 Å². The van der Waals surface area contributed by atoms with Crippen LogP contribution in [0.4, 0.5) is 0 Å². The molecule has 0 bridgehead atoms. The minimum atomic E-state index is -0.378. The van der Waals surface area contributed by atoms with Gasteiger partial charge in [0, 0.05) is 5.41 Å². The van der Waals surface area contributed by atoms with Crippen LogP contribution in [0.15, 0.2) is 0 Å². The zero-order chi connectivity index (χ0) is 35.1. The van der Waals surface area contributed by atoms with E-state index in [1.807, 2.05) is 20.8 Å². The molecule has 0 aliphatic carbocycles. The summed E-state index contributed by atoms with van der Waals surface area (Å²) in [6, 6.07) is 0. The Morgan fingerprint density at radius 2 is 0.956 bits per heavy atom. The molecule has 1 rings (SSSR count). The van der Waals surface area contributed by atoms with Gasteiger partial charge in [-0.1, -0.05) is 191 Å². The molecular weight excluding hydrogens is 548 g/mol. The Morgan fingerprint density at radius 3 is 1.18 bits per heavy atom. The fourth-order valence-electron chi connectivity index (χ4n) is 4.65. The second-order valence-corrected chi connectivity index (χ2v) is 18.7. The van der Waals surface area contributed by atoms with Crippen LogP contribution in [0.3, 0.4) is 0 Å². The molecule has 45 heavy (non-hydrogen) atoms. The molecule has 0 N–H and O–H groups in total. The van der Waals surface area contributed by atoms with Crippen LogP contribution in [-0.2, 0) is 9.53 Å². The van der Waals surface area contributed by atoms with E-state index in [0.29, 0.717) is 27.6 Å². The number of ether oxygens (including phenoxy) is 1. The number of hydrogen-bond donors (Lipinski definition) is 0. The lowest BCUT2D eigenvalue weighted by molar-refractivity contribution is -0.153. The first kappa shape index (κ1) is 53.9. The highest BCUT2D eigenvalue weighted by Gasteiger charge is 2.64. The van der Waals surface area contributed by atoms with Crippen molar-refractivity contribution in [1.82, 2.24) is 0 Å². The SMILES string of the molecule is C.C.CC(C)C1(C)C(=O)OC(C)(C)C1(C)C.CCC(C)(C)CC.CCC(C)(C)CCC(C)(C)C.CCCCCCC(C)(C)CC. The third-order valence-corrected chi connectivity index (χ3v) is 11.8. The highest BCUT2D eigenvalue weighted by atomic mass is 16.6. The molecule has 2 nitrogen and oxygen atoms in total. The molecule has 0 radical (unpaired) electrons. The van der Waals surface area contributed by atoms with E-state index < -0.39 is 0 Å². The van der Waals surface area contributed by atoms with E-state index in [-0.39, 0.29) is 37.3 Å². The Morgan fingerprint density at radius 1 is 0.578 bits per heavy atom. The van der Waals surface area contributed by atoms with Crippen LogP contribution in [0.5, 0.6) is 0 Å². The smallest absolute Gasteiger partial charge is 0.313 e. The number of cyclic esters (lactones) is 1. The van der Waals surface area contributed by atoms with Crippen molar-refractivity contribution >= 4 is 5.97 Å². The third kappa shape index (κ3) is 20.4. The Balaban J connectivity index is -0.000000160. The molecule has 0 aromatic rings. The first-order chi connectivity index (χ1) is 19.1. The predicted molar refractivity (Wildman–Crippen MR) is 210 cm³/mol. The van der Waals surface area contributed by atoms with E-state index in [0.717, 1.165) is 0 Å². The summed E-state index contributed by atoms with van der Waals surface area (Å²) >= 11 is 0. The minimum absolute atomic E-state index is 0. The van der Waals surface area contributed by atoms with Gasteiger partial charge in [-0.2, -0.15) is 0 Å². The lowest BCUT2D eigenvalue weighted by atomic mass is 9.57. The van der Waals surface area contributed by atoms with Crippen molar-refractivity contribution in [2.75, 3.05) is 0 Å². The zero-order valence-corrected chi connectivity index (χ0v) is 34.2. The number of esters is 1. The second kappa shape index (κ2) is 22.2. The van der Waals surface area contributed by atoms with Gasteiger partial charge in [0.05, 0.1) is 5.41 Å². The average molecular weight is 643 g/mol. The zero-order valence-electron chi connectivity index (χ0n) is 34.2. The van der Waals surface area contributed by atoms with Crippen molar-refractivity contribution in [3.05, 3.63) is 0 Å². The number of unbranched alkanes of at least 4 members (excludes halogenated alkanes) is 3. The molecule has 278 valence electrons. The molecule has 1 aliphatic heterocycles. The molecule has 1 aliphatic rings. The van der Waals surface area contributed by atoms with Crippen molar-refractivity contribution in [1.29, 1.82) is 0 Å². The summed E-state index contributed by atoms with van der Waals surface area (Å²) in [6.07, 6.45) is 14.9. The van der Waals surface area contributed by atoms with Crippen LogP contribution in [0.1, 0.15) is 231 Å². The molecular formula is C43H94O2. The van der Waals surface area contributed by atoms with Crippen molar-refractivity contribution in [2.24, 2.45) is 38.4 Å². The lowest BCUT2D eigenvalue weighted by Gasteiger charge is -2.42. The van der Waals surface area contributed by atoms with E-state index in [1.54, 1.807) is 0 Å². The molecule has 0 saturated carbocycles. The Labute approximate surface area is 289 Å². The highest BCUT2D eigenvalue weighted by Crippen LogP contribution is 2.58. The van der Waals surface area contributed by atoms with Crippen LogP contribution >= 0.6 is 0 Å². The van der Waals surface area contributed by atoms with Crippen LogP contribution in [0, 0.1) is 38.4 Å². The maximum Gasteiger partial charge on any atom is 0.313 e. The maximum absolute atomic E-state index is 11.9. The van der Waals surface area contributed by atoms with Crippen molar-refractivity contribution < 1.29 is 9.53 Å². The molecule has 0 aromatic heterocycles. The molecule has 1 heterocycles. The molecule has 0 spiro atoms. The van der Waals surface area contributed by atoms with Gasteiger partial charge in [0.1, 0.15) is 5.60 Å². The summed E-state index contributed by atoms with van der Waals surface area (Å²) in [4.78, 5) is 11.9. The molecule has 1 atom stereocenters. The van der Waals surface area contributed by atoms with Crippen LogP contribution < -0.4 is 0 Å². The number of hydrogen-bond acceptors (Lipinski definition) is 2. The topological polar surface area (TPSA) is 26.3 Å². The normalized spacial score (nSPS) is 18.9. The van der Waals surface area contributed by atoms with Crippen LogP contribution in [0.25, 0.3) is 0 Å². The summed E-state index contributed by atoms with van der Waals surface area (Å²) in [6.45, 7) is 46.8. The molecule has 1 fully saturated rings. The molecule has 0 aromatic carbocycles. The van der Waals surface area contributed by atoms with Gasteiger partial charge in [-0.15, -0.1) is 0 Å². The van der Waals surface area contributed by atoms with E-state index in [1.165, 1.54) is 70.6 Å². The Hall–Kier alpha value is -0.530. The summed E-state index contributed by atoms with van der Waals surface area (Å²) in [5.74, 6) is 0.245. The van der Waals surface area contributed by atoms with Crippen molar-refractivity contribution in [3.63, 3.8) is 0 Å². The summed E-state index contributed by atoms with van der Waals surface area (Å²) in [7, 11) is 0. The predicted octanol–water partition coefficient (Wildman–Crippen LogP) is 15.8. The quantitative estimate of drug-likeness (QED) is 0.156. The number of carbonyl (C=O) groups is 1. The van der Waals surface area contributed by atoms with Gasteiger partial charge in [-0.3, -0.25) is 4.79 Å². The van der Waals surface area contributed by atoms with Gasteiger partial charge in [0.25, 0.3) is 0 Å².